The van der Waals surface area contributed by atoms with Gasteiger partial charge < -0.3 is 14.0 Å². The quantitative estimate of drug-likeness (QED) is 0.395. The molecule has 0 fully saturated rings. The number of rotatable bonds is 8. The number of methoxy groups -OCH3 is 1. The van der Waals surface area contributed by atoms with E-state index in [-0.39, 0.29) is 0 Å². The van der Waals surface area contributed by atoms with Gasteiger partial charge in [0.2, 0.25) is 0 Å². The second kappa shape index (κ2) is 9.49. The molecule has 0 aliphatic heterocycles. The third-order valence-electron chi connectivity index (χ3n) is 4.15. The second-order valence-electron chi connectivity index (χ2n) is 6.02. The molecule has 4 nitrogen and oxygen atoms in total. The summed E-state index contributed by atoms with van der Waals surface area (Å²) in [5, 5.41) is 1.18. The molecule has 0 bridgehead atoms. The molecule has 27 heavy (non-hydrogen) atoms. The van der Waals surface area contributed by atoms with E-state index in [0.717, 1.165) is 29.4 Å². The van der Waals surface area contributed by atoms with Crippen LogP contribution in [0.25, 0.3) is 0 Å². The molecule has 0 spiro atoms. The molecule has 0 aliphatic carbocycles. The summed E-state index contributed by atoms with van der Waals surface area (Å²) < 4.78 is 14.5. The van der Waals surface area contributed by atoms with Crippen LogP contribution in [0.15, 0.2) is 53.5 Å². The van der Waals surface area contributed by atoms with E-state index in [9.17, 15) is 0 Å². The van der Waals surface area contributed by atoms with E-state index in [1.165, 1.54) is 5.56 Å². The first-order chi connectivity index (χ1) is 13.1. The fourth-order valence-electron chi connectivity index (χ4n) is 2.71. The van der Waals surface area contributed by atoms with Crippen LogP contribution in [-0.4, -0.2) is 16.7 Å². The number of halogens is 3. The smallest absolute Gasteiger partial charge is 0.162 e. The SMILES string of the molecule is COc1cc(CCCn2ccnc2)c(Br)cc1OCc1ccc(Cl)cc1Cl. The molecule has 3 rings (SSSR count). The minimum atomic E-state index is 0.332. The summed E-state index contributed by atoms with van der Waals surface area (Å²) in [6, 6.07) is 9.31. The van der Waals surface area contributed by atoms with E-state index in [4.69, 9.17) is 32.7 Å². The second-order valence-corrected chi connectivity index (χ2v) is 7.72. The lowest BCUT2D eigenvalue weighted by molar-refractivity contribution is 0.284. The normalized spacial score (nSPS) is 10.8. The predicted octanol–water partition coefficient (Wildman–Crippen LogP) is 6.17. The number of imidazole rings is 1. The lowest BCUT2D eigenvalue weighted by Gasteiger charge is -2.15. The molecule has 0 unspecified atom stereocenters. The average Bonchev–Trinajstić information content (AvgIpc) is 3.16. The molecule has 0 saturated heterocycles. The van der Waals surface area contributed by atoms with E-state index >= 15 is 0 Å². The number of benzene rings is 2. The minimum absolute atomic E-state index is 0.332. The Bertz CT molecular complexity index is 901. The van der Waals surface area contributed by atoms with Crippen molar-refractivity contribution in [1.29, 1.82) is 0 Å². The van der Waals surface area contributed by atoms with Gasteiger partial charge in [-0.25, -0.2) is 4.98 Å². The largest absolute Gasteiger partial charge is 0.493 e. The van der Waals surface area contributed by atoms with Crippen molar-refractivity contribution < 1.29 is 9.47 Å². The van der Waals surface area contributed by atoms with Gasteiger partial charge in [0.1, 0.15) is 6.61 Å². The number of hydrogen-bond acceptors (Lipinski definition) is 3. The van der Waals surface area contributed by atoms with Crippen LogP contribution in [0.1, 0.15) is 17.5 Å². The lowest BCUT2D eigenvalue weighted by atomic mass is 10.1. The van der Waals surface area contributed by atoms with Crippen LogP contribution in [-0.2, 0) is 19.6 Å². The number of aromatic nitrogens is 2. The molecule has 0 aliphatic rings. The first-order valence-corrected chi connectivity index (χ1v) is 10.0. The highest BCUT2D eigenvalue weighted by Gasteiger charge is 2.12. The molecule has 0 saturated carbocycles. The van der Waals surface area contributed by atoms with E-state index < -0.39 is 0 Å². The van der Waals surface area contributed by atoms with Gasteiger partial charge in [-0.3, -0.25) is 0 Å². The summed E-state index contributed by atoms with van der Waals surface area (Å²) in [5.41, 5.74) is 2.03. The molecule has 3 aromatic rings. The van der Waals surface area contributed by atoms with Crippen molar-refractivity contribution in [3.63, 3.8) is 0 Å². The number of aryl methyl sites for hydroxylation is 2. The Balaban J connectivity index is 1.67. The zero-order valence-corrected chi connectivity index (χ0v) is 17.9. The van der Waals surface area contributed by atoms with Gasteiger partial charge in [0, 0.05) is 39.0 Å². The van der Waals surface area contributed by atoms with Gasteiger partial charge >= 0.3 is 0 Å². The van der Waals surface area contributed by atoms with Gasteiger partial charge in [-0.2, -0.15) is 0 Å². The summed E-state index contributed by atoms with van der Waals surface area (Å²) in [5.74, 6) is 1.36. The summed E-state index contributed by atoms with van der Waals surface area (Å²) in [6.07, 6.45) is 7.50. The molecular formula is C20H19BrCl2N2O2. The molecule has 142 valence electrons. The van der Waals surface area contributed by atoms with Crippen LogP contribution >= 0.6 is 39.1 Å². The van der Waals surface area contributed by atoms with Crippen molar-refractivity contribution in [2.24, 2.45) is 0 Å². The third-order valence-corrected chi connectivity index (χ3v) is 5.48. The maximum atomic E-state index is 6.21. The maximum absolute atomic E-state index is 6.21. The fourth-order valence-corrected chi connectivity index (χ4v) is 3.69. The first-order valence-electron chi connectivity index (χ1n) is 8.45. The molecule has 1 heterocycles. The van der Waals surface area contributed by atoms with E-state index in [1.54, 1.807) is 25.4 Å². The van der Waals surface area contributed by atoms with Gasteiger partial charge in [-0.05, 0) is 42.7 Å². The zero-order valence-electron chi connectivity index (χ0n) is 14.8. The predicted molar refractivity (Wildman–Crippen MR) is 112 cm³/mol. The van der Waals surface area contributed by atoms with Crippen molar-refractivity contribution in [3.8, 4) is 11.5 Å². The number of hydrogen-bond donors (Lipinski definition) is 0. The lowest BCUT2D eigenvalue weighted by Crippen LogP contribution is -2.01. The average molecular weight is 470 g/mol. The number of nitrogens with zero attached hydrogens (tertiary/aromatic N) is 2. The van der Waals surface area contributed by atoms with Crippen molar-refractivity contribution in [2.45, 2.75) is 26.0 Å². The van der Waals surface area contributed by atoms with Crippen molar-refractivity contribution in [1.82, 2.24) is 9.55 Å². The van der Waals surface area contributed by atoms with Crippen molar-refractivity contribution >= 4 is 39.1 Å². The molecule has 1 aromatic heterocycles. The Morgan fingerprint density at radius 1 is 1.11 bits per heavy atom. The Labute approximate surface area is 177 Å². The third kappa shape index (κ3) is 5.41. The van der Waals surface area contributed by atoms with Crippen molar-refractivity contribution in [3.05, 3.63) is 74.7 Å². The van der Waals surface area contributed by atoms with E-state index in [2.05, 4.69) is 25.5 Å². The van der Waals surface area contributed by atoms with Gasteiger partial charge in [-0.1, -0.05) is 45.2 Å². The maximum Gasteiger partial charge on any atom is 0.162 e. The summed E-state index contributed by atoms with van der Waals surface area (Å²) in [4.78, 5) is 4.06. The Hall–Kier alpha value is -1.69. The molecule has 0 N–H and O–H groups in total. The van der Waals surface area contributed by atoms with Gasteiger partial charge in [0.05, 0.1) is 13.4 Å². The zero-order chi connectivity index (χ0) is 19.2. The van der Waals surface area contributed by atoms with Gasteiger partial charge in [0.25, 0.3) is 0 Å². The van der Waals surface area contributed by atoms with Crippen LogP contribution in [0.5, 0.6) is 11.5 Å². The molecule has 0 radical (unpaired) electrons. The highest BCUT2D eigenvalue weighted by molar-refractivity contribution is 9.10. The molecular weight excluding hydrogens is 451 g/mol. The van der Waals surface area contributed by atoms with E-state index in [1.807, 2.05) is 30.7 Å². The minimum Gasteiger partial charge on any atom is -0.493 e. The van der Waals surface area contributed by atoms with Gasteiger partial charge in [-0.15, -0.1) is 0 Å². The van der Waals surface area contributed by atoms with Crippen LogP contribution < -0.4 is 9.47 Å². The Morgan fingerprint density at radius 3 is 2.67 bits per heavy atom. The fraction of sp³-hybridized carbons (Fsp3) is 0.250. The summed E-state index contributed by atoms with van der Waals surface area (Å²) in [7, 11) is 1.64. The highest BCUT2D eigenvalue weighted by Crippen LogP contribution is 2.35. The summed E-state index contributed by atoms with van der Waals surface area (Å²) >= 11 is 15.8. The first kappa shape index (κ1) is 20.1. The Kier molecular flexibility index (Phi) is 7.05. The number of ether oxygens (including phenoxy) is 2. The van der Waals surface area contributed by atoms with Crippen LogP contribution in [0.2, 0.25) is 10.0 Å². The molecule has 0 amide bonds. The standard InChI is InChI=1S/C20H19BrCl2N2O2/c1-26-19-9-14(3-2-7-25-8-6-24-13-25)17(21)11-20(19)27-12-15-4-5-16(22)10-18(15)23/h4-6,8-11,13H,2-3,7,12H2,1H3. The van der Waals surface area contributed by atoms with E-state index in [0.29, 0.717) is 28.2 Å². The highest BCUT2D eigenvalue weighted by atomic mass is 79.9. The topological polar surface area (TPSA) is 36.3 Å². The molecule has 2 aromatic carbocycles. The van der Waals surface area contributed by atoms with Crippen LogP contribution in [0.4, 0.5) is 0 Å². The van der Waals surface area contributed by atoms with Gasteiger partial charge in [0.15, 0.2) is 11.5 Å². The molecule has 7 heteroatoms. The van der Waals surface area contributed by atoms with Crippen LogP contribution in [0.3, 0.4) is 0 Å². The monoisotopic (exact) mass is 468 g/mol. The Morgan fingerprint density at radius 2 is 1.96 bits per heavy atom. The van der Waals surface area contributed by atoms with Crippen LogP contribution in [0, 0.1) is 0 Å². The van der Waals surface area contributed by atoms with Crippen molar-refractivity contribution in [2.75, 3.05) is 7.11 Å². The summed E-state index contributed by atoms with van der Waals surface area (Å²) in [6.45, 7) is 1.25. The molecule has 0 atom stereocenters.